The zero-order valence-electron chi connectivity index (χ0n) is 8.83. The predicted octanol–water partition coefficient (Wildman–Crippen LogP) is 3.60. The van der Waals surface area contributed by atoms with Crippen LogP contribution in [0.5, 0.6) is 0 Å². The Kier molecular flexibility index (Phi) is 2.90. The number of aromatic nitrogens is 1. The molecule has 0 radical (unpaired) electrons. The van der Waals surface area contributed by atoms with Gasteiger partial charge in [-0.05, 0) is 31.4 Å². The number of thiazole rings is 1. The molecule has 3 rings (SSSR count). The quantitative estimate of drug-likeness (QED) is 0.915. The van der Waals surface area contributed by atoms with Gasteiger partial charge in [0.1, 0.15) is 0 Å². The molecule has 17 heavy (non-hydrogen) atoms. The summed E-state index contributed by atoms with van der Waals surface area (Å²) >= 11 is 8.65. The summed E-state index contributed by atoms with van der Waals surface area (Å²) in [4.78, 5) is 18.2. The molecule has 2 aromatic heterocycles. The lowest BCUT2D eigenvalue weighted by Crippen LogP contribution is -2.09. The molecule has 1 N–H and O–H groups in total. The third-order valence-corrected chi connectivity index (χ3v) is 4.92. The molecule has 6 heteroatoms. The molecule has 0 bridgehead atoms. The summed E-state index contributed by atoms with van der Waals surface area (Å²) in [6.07, 6.45) is 3.31. The number of carbonyl (C=O) groups is 1. The van der Waals surface area contributed by atoms with Crippen molar-refractivity contribution in [3.05, 3.63) is 31.9 Å². The number of halogens is 1. The topological polar surface area (TPSA) is 42.0 Å². The van der Waals surface area contributed by atoms with Crippen LogP contribution in [0.25, 0.3) is 0 Å². The highest BCUT2D eigenvalue weighted by molar-refractivity contribution is 7.18. The standard InChI is InChI=1S/C11H9ClN2OS2/c12-9-5-4-8(16-9)10(15)14-11-13-6-2-1-3-7(6)17-11/h4-5H,1-3H2,(H,13,14,15). The molecule has 3 nitrogen and oxygen atoms in total. The highest BCUT2D eigenvalue weighted by atomic mass is 35.5. The van der Waals surface area contributed by atoms with Gasteiger partial charge in [-0.15, -0.1) is 22.7 Å². The summed E-state index contributed by atoms with van der Waals surface area (Å²) in [7, 11) is 0. The summed E-state index contributed by atoms with van der Waals surface area (Å²) in [6.45, 7) is 0. The van der Waals surface area contributed by atoms with Gasteiger partial charge in [-0.2, -0.15) is 0 Å². The summed E-state index contributed by atoms with van der Waals surface area (Å²) in [5.74, 6) is -0.130. The number of fused-ring (bicyclic) bond motifs is 1. The molecule has 0 fully saturated rings. The Balaban J connectivity index is 1.76. The molecule has 1 amide bonds. The Labute approximate surface area is 111 Å². The van der Waals surface area contributed by atoms with Gasteiger partial charge in [0.2, 0.25) is 0 Å². The first-order valence-corrected chi connectivity index (χ1v) is 7.29. The maximum Gasteiger partial charge on any atom is 0.267 e. The van der Waals surface area contributed by atoms with E-state index in [0.29, 0.717) is 14.3 Å². The van der Waals surface area contributed by atoms with E-state index in [9.17, 15) is 4.79 Å². The van der Waals surface area contributed by atoms with Crippen LogP contribution in [-0.2, 0) is 12.8 Å². The second kappa shape index (κ2) is 4.40. The van der Waals surface area contributed by atoms with Gasteiger partial charge >= 0.3 is 0 Å². The van der Waals surface area contributed by atoms with Crippen molar-refractivity contribution in [3.63, 3.8) is 0 Å². The molecule has 0 aromatic carbocycles. The first-order chi connectivity index (χ1) is 8.22. The fraction of sp³-hybridized carbons (Fsp3) is 0.273. The highest BCUT2D eigenvalue weighted by Crippen LogP contribution is 2.31. The fourth-order valence-corrected chi connectivity index (χ4v) is 3.82. The van der Waals surface area contributed by atoms with Crippen molar-refractivity contribution in [1.82, 2.24) is 4.98 Å². The number of amides is 1. The van der Waals surface area contributed by atoms with Crippen molar-refractivity contribution in [2.45, 2.75) is 19.3 Å². The Morgan fingerprint density at radius 2 is 2.24 bits per heavy atom. The van der Waals surface area contributed by atoms with Gasteiger partial charge in [0, 0.05) is 4.88 Å². The van der Waals surface area contributed by atoms with Crippen LogP contribution in [0.3, 0.4) is 0 Å². The number of thiophene rings is 1. The van der Waals surface area contributed by atoms with E-state index in [4.69, 9.17) is 11.6 Å². The zero-order chi connectivity index (χ0) is 11.8. The minimum absolute atomic E-state index is 0.130. The van der Waals surface area contributed by atoms with Crippen LogP contribution in [0.2, 0.25) is 4.34 Å². The van der Waals surface area contributed by atoms with Crippen LogP contribution >= 0.6 is 34.3 Å². The lowest BCUT2D eigenvalue weighted by atomic mass is 10.4. The maximum absolute atomic E-state index is 11.9. The Hall–Kier alpha value is -0.910. The first kappa shape index (κ1) is 11.2. The summed E-state index contributed by atoms with van der Waals surface area (Å²) in [5.41, 5.74) is 1.15. The minimum Gasteiger partial charge on any atom is -0.297 e. The monoisotopic (exact) mass is 284 g/mol. The third kappa shape index (κ3) is 2.22. The van der Waals surface area contributed by atoms with Crippen molar-refractivity contribution in [2.75, 3.05) is 5.32 Å². The van der Waals surface area contributed by atoms with Crippen LogP contribution < -0.4 is 5.32 Å². The SMILES string of the molecule is O=C(Nc1nc2c(s1)CCC2)c1ccc(Cl)s1. The van der Waals surface area contributed by atoms with Crippen molar-refractivity contribution in [3.8, 4) is 0 Å². The van der Waals surface area contributed by atoms with E-state index in [1.54, 1.807) is 23.5 Å². The van der Waals surface area contributed by atoms with Crippen molar-refractivity contribution in [2.24, 2.45) is 0 Å². The normalized spacial score (nSPS) is 13.7. The molecule has 1 aliphatic rings. The van der Waals surface area contributed by atoms with Crippen LogP contribution in [-0.4, -0.2) is 10.9 Å². The van der Waals surface area contributed by atoms with Crippen molar-refractivity contribution >= 4 is 45.3 Å². The number of hydrogen-bond acceptors (Lipinski definition) is 4. The highest BCUT2D eigenvalue weighted by Gasteiger charge is 2.18. The lowest BCUT2D eigenvalue weighted by Gasteiger charge is -1.98. The Morgan fingerprint density at radius 1 is 1.35 bits per heavy atom. The van der Waals surface area contributed by atoms with Gasteiger partial charge in [-0.25, -0.2) is 4.98 Å². The van der Waals surface area contributed by atoms with E-state index in [1.165, 1.54) is 22.6 Å². The number of carbonyl (C=O) groups excluding carboxylic acids is 1. The van der Waals surface area contributed by atoms with Crippen LogP contribution in [0.4, 0.5) is 5.13 Å². The minimum atomic E-state index is -0.130. The molecule has 2 heterocycles. The fourth-order valence-electron chi connectivity index (χ4n) is 1.84. The number of rotatable bonds is 2. The maximum atomic E-state index is 11.9. The number of aryl methyl sites for hydroxylation is 2. The second-order valence-corrected chi connectivity index (χ2v) is 6.60. The smallest absolute Gasteiger partial charge is 0.267 e. The van der Waals surface area contributed by atoms with Crippen molar-refractivity contribution < 1.29 is 4.79 Å². The van der Waals surface area contributed by atoms with Crippen LogP contribution in [0.1, 0.15) is 26.7 Å². The molecule has 88 valence electrons. The predicted molar refractivity (Wildman–Crippen MR) is 71.4 cm³/mol. The summed E-state index contributed by atoms with van der Waals surface area (Å²) < 4.78 is 0.622. The first-order valence-electron chi connectivity index (χ1n) is 5.27. The van der Waals surface area contributed by atoms with E-state index in [1.807, 2.05) is 0 Å². The molecular formula is C11H9ClN2OS2. The van der Waals surface area contributed by atoms with Gasteiger partial charge in [0.15, 0.2) is 5.13 Å². The number of nitrogens with one attached hydrogen (secondary N) is 1. The number of hydrogen-bond donors (Lipinski definition) is 1. The number of anilines is 1. The summed E-state index contributed by atoms with van der Waals surface area (Å²) in [6, 6.07) is 3.45. The van der Waals surface area contributed by atoms with E-state index < -0.39 is 0 Å². The van der Waals surface area contributed by atoms with Crippen LogP contribution in [0.15, 0.2) is 12.1 Å². The van der Waals surface area contributed by atoms with E-state index in [0.717, 1.165) is 18.5 Å². The number of nitrogens with zero attached hydrogens (tertiary/aromatic N) is 1. The van der Waals surface area contributed by atoms with Gasteiger partial charge in [-0.3, -0.25) is 10.1 Å². The van der Waals surface area contributed by atoms with Gasteiger partial charge < -0.3 is 0 Å². The molecule has 1 aliphatic carbocycles. The van der Waals surface area contributed by atoms with E-state index >= 15 is 0 Å². The molecule has 2 aromatic rings. The average Bonchev–Trinajstić information content (AvgIpc) is 2.92. The molecular weight excluding hydrogens is 276 g/mol. The summed E-state index contributed by atoms with van der Waals surface area (Å²) in [5, 5.41) is 3.52. The largest absolute Gasteiger partial charge is 0.297 e. The van der Waals surface area contributed by atoms with E-state index in [-0.39, 0.29) is 5.91 Å². The van der Waals surface area contributed by atoms with Crippen LogP contribution in [0, 0.1) is 0 Å². The van der Waals surface area contributed by atoms with Gasteiger partial charge in [0.05, 0.1) is 14.9 Å². The van der Waals surface area contributed by atoms with Gasteiger partial charge in [0.25, 0.3) is 5.91 Å². The van der Waals surface area contributed by atoms with Crippen molar-refractivity contribution in [1.29, 1.82) is 0 Å². The van der Waals surface area contributed by atoms with Gasteiger partial charge in [-0.1, -0.05) is 11.6 Å². The molecule has 0 spiro atoms. The zero-order valence-corrected chi connectivity index (χ0v) is 11.2. The molecule has 0 aliphatic heterocycles. The molecule has 0 unspecified atom stereocenters. The average molecular weight is 285 g/mol. The molecule has 0 saturated carbocycles. The lowest BCUT2D eigenvalue weighted by molar-refractivity contribution is 0.103. The molecule has 0 atom stereocenters. The molecule has 0 saturated heterocycles. The van der Waals surface area contributed by atoms with E-state index in [2.05, 4.69) is 10.3 Å². The Morgan fingerprint density at radius 3 is 2.94 bits per heavy atom. The third-order valence-electron chi connectivity index (χ3n) is 2.61. The second-order valence-electron chi connectivity index (χ2n) is 3.80. The Bertz CT molecular complexity index is 554.